The van der Waals surface area contributed by atoms with Crippen molar-refractivity contribution >= 4 is 5.69 Å². The average molecular weight is 495 g/mol. The molecule has 2 aliphatic rings. The van der Waals surface area contributed by atoms with Crippen molar-refractivity contribution in [1.82, 2.24) is 4.90 Å². The average Bonchev–Trinajstić information content (AvgIpc) is 3.41. The summed E-state index contributed by atoms with van der Waals surface area (Å²) in [7, 11) is 1.64. The number of methoxy groups -OCH3 is 1. The molecule has 2 heterocycles. The van der Waals surface area contributed by atoms with E-state index in [1.54, 1.807) is 7.11 Å². The summed E-state index contributed by atoms with van der Waals surface area (Å²) in [5.41, 5.74) is 2.73. The van der Waals surface area contributed by atoms with Crippen molar-refractivity contribution in [3.05, 3.63) is 83.4 Å². The summed E-state index contributed by atoms with van der Waals surface area (Å²) in [5.74, 6) is 0.207. The number of halogens is 2. The van der Waals surface area contributed by atoms with Crippen molar-refractivity contribution < 1.29 is 23.0 Å². The van der Waals surface area contributed by atoms with Gasteiger partial charge in [-0.05, 0) is 67.7 Å². The molecule has 3 aromatic rings. The van der Waals surface area contributed by atoms with Crippen LogP contribution in [0.4, 0.5) is 14.5 Å². The van der Waals surface area contributed by atoms with Gasteiger partial charge in [0.15, 0.2) is 11.6 Å². The molecule has 0 aromatic heterocycles. The van der Waals surface area contributed by atoms with Gasteiger partial charge < -0.3 is 19.1 Å². The molecule has 0 N–H and O–H groups in total. The molecule has 0 amide bonds. The second kappa shape index (κ2) is 11.2. The van der Waals surface area contributed by atoms with Gasteiger partial charge in [-0.2, -0.15) is 0 Å². The Kier molecular flexibility index (Phi) is 7.56. The van der Waals surface area contributed by atoms with E-state index in [2.05, 4.69) is 9.80 Å². The topological polar surface area (TPSA) is 34.2 Å². The third-order valence-electron chi connectivity index (χ3n) is 6.96. The van der Waals surface area contributed by atoms with Gasteiger partial charge in [-0.3, -0.25) is 4.90 Å². The molecule has 5 nitrogen and oxygen atoms in total. The fourth-order valence-electron chi connectivity index (χ4n) is 4.93. The molecule has 0 aliphatic carbocycles. The minimum absolute atomic E-state index is 0.0489. The van der Waals surface area contributed by atoms with Crippen molar-refractivity contribution in [2.24, 2.45) is 0 Å². The number of nitrogens with zero attached hydrogens (tertiary/aromatic N) is 2. The molecule has 0 spiro atoms. The number of fused-ring (bicyclic) bond motifs is 1. The minimum Gasteiger partial charge on any atom is -0.497 e. The van der Waals surface area contributed by atoms with E-state index in [9.17, 15) is 8.78 Å². The van der Waals surface area contributed by atoms with E-state index < -0.39 is 11.6 Å². The highest BCUT2D eigenvalue weighted by atomic mass is 19.2. The van der Waals surface area contributed by atoms with E-state index in [4.69, 9.17) is 14.2 Å². The third-order valence-corrected chi connectivity index (χ3v) is 6.96. The zero-order chi connectivity index (χ0) is 24.9. The van der Waals surface area contributed by atoms with E-state index in [0.29, 0.717) is 37.6 Å². The van der Waals surface area contributed by atoms with E-state index in [-0.39, 0.29) is 6.04 Å². The maximum atomic E-state index is 14.2. The Hall–Kier alpha value is -3.32. The molecular weight excluding hydrogens is 462 g/mol. The third kappa shape index (κ3) is 5.73. The Balaban J connectivity index is 1.31. The first kappa shape index (κ1) is 24.4. The number of hydrogen-bond donors (Lipinski definition) is 0. The Morgan fingerprint density at radius 2 is 1.56 bits per heavy atom. The molecule has 190 valence electrons. The second-order valence-electron chi connectivity index (χ2n) is 9.42. The summed E-state index contributed by atoms with van der Waals surface area (Å²) in [6.45, 7) is 4.85. The molecule has 0 bridgehead atoms. The van der Waals surface area contributed by atoms with Crippen molar-refractivity contribution in [3.63, 3.8) is 0 Å². The van der Waals surface area contributed by atoms with Crippen LogP contribution < -0.4 is 19.1 Å². The zero-order valence-electron chi connectivity index (χ0n) is 20.6. The van der Waals surface area contributed by atoms with Gasteiger partial charge >= 0.3 is 0 Å². The maximum Gasteiger partial charge on any atom is 0.162 e. The first-order chi connectivity index (χ1) is 17.6. The second-order valence-corrected chi connectivity index (χ2v) is 9.42. The number of rotatable bonds is 9. The molecule has 1 atom stereocenters. The monoisotopic (exact) mass is 494 g/mol. The summed E-state index contributed by atoms with van der Waals surface area (Å²) in [6, 6.07) is 18.2. The molecule has 36 heavy (non-hydrogen) atoms. The standard InChI is InChI=1S/C29H32F2N2O3/c1-34-24-8-4-21(5-9-24)16-23-20-36-29-18-27(31)26(30)17-28(29)33(23)19-22-6-10-25(11-7-22)35-15-14-32-12-2-3-13-32/h4-11,17-18,23H,2-3,12-16,19-20H2,1H3/t23-/m0/s1. The minimum atomic E-state index is -0.905. The van der Waals surface area contributed by atoms with E-state index in [1.807, 2.05) is 48.5 Å². The molecule has 0 unspecified atom stereocenters. The molecule has 0 radical (unpaired) electrons. The summed E-state index contributed by atoms with van der Waals surface area (Å²) in [5, 5.41) is 0. The first-order valence-electron chi connectivity index (χ1n) is 12.5. The summed E-state index contributed by atoms with van der Waals surface area (Å²) >= 11 is 0. The van der Waals surface area contributed by atoms with Crippen LogP contribution >= 0.6 is 0 Å². The van der Waals surface area contributed by atoms with Crippen LogP contribution in [0.25, 0.3) is 0 Å². The van der Waals surface area contributed by atoms with Crippen molar-refractivity contribution in [3.8, 4) is 17.2 Å². The van der Waals surface area contributed by atoms with Gasteiger partial charge in [0.2, 0.25) is 0 Å². The summed E-state index contributed by atoms with van der Waals surface area (Å²) < 4.78 is 45.2. The van der Waals surface area contributed by atoms with Gasteiger partial charge in [-0.15, -0.1) is 0 Å². The van der Waals surface area contributed by atoms with Crippen LogP contribution in [0.1, 0.15) is 24.0 Å². The van der Waals surface area contributed by atoms with Gasteiger partial charge in [0, 0.05) is 25.2 Å². The molecule has 0 saturated carbocycles. The van der Waals surface area contributed by atoms with Crippen LogP contribution in [0.2, 0.25) is 0 Å². The molecule has 7 heteroatoms. The van der Waals surface area contributed by atoms with Crippen LogP contribution in [0.15, 0.2) is 60.7 Å². The smallest absolute Gasteiger partial charge is 0.162 e. The highest BCUT2D eigenvalue weighted by Gasteiger charge is 2.29. The normalized spacial score (nSPS) is 17.5. The highest BCUT2D eigenvalue weighted by molar-refractivity contribution is 5.61. The Morgan fingerprint density at radius 1 is 0.889 bits per heavy atom. The van der Waals surface area contributed by atoms with E-state index in [0.717, 1.165) is 48.3 Å². The van der Waals surface area contributed by atoms with Crippen LogP contribution in [0.3, 0.4) is 0 Å². The molecule has 3 aromatic carbocycles. The fourth-order valence-corrected chi connectivity index (χ4v) is 4.93. The highest BCUT2D eigenvalue weighted by Crippen LogP contribution is 2.37. The van der Waals surface area contributed by atoms with Gasteiger partial charge in [-0.1, -0.05) is 24.3 Å². The molecule has 2 aliphatic heterocycles. The predicted octanol–water partition coefficient (Wildman–Crippen LogP) is 5.46. The Morgan fingerprint density at radius 3 is 2.28 bits per heavy atom. The molecule has 1 fully saturated rings. The van der Waals surface area contributed by atoms with Gasteiger partial charge in [0.1, 0.15) is 30.5 Å². The van der Waals surface area contributed by atoms with Crippen LogP contribution in [0, 0.1) is 11.6 Å². The molecule has 1 saturated heterocycles. The van der Waals surface area contributed by atoms with Gasteiger partial charge in [0.25, 0.3) is 0 Å². The van der Waals surface area contributed by atoms with E-state index in [1.165, 1.54) is 18.9 Å². The lowest BCUT2D eigenvalue weighted by Gasteiger charge is -2.39. The van der Waals surface area contributed by atoms with Crippen molar-refractivity contribution in [2.75, 3.05) is 44.9 Å². The van der Waals surface area contributed by atoms with Gasteiger partial charge in [-0.25, -0.2) is 8.78 Å². The molecular formula is C29H32F2N2O3. The predicted molar refractivity (Wildman–Crippen MR) is 136 cm³/mol. The van der Waals surface area contributed by atoms with Crippen molar-refractivity contribution in [2.45, 2.75) is 31.8 Å². The fraction of sp³-hybridized carbons (Fsp3) is 0.379. The lowest BCUT2D eigenvalue weighted by molar-refractivity contribution is 0.237. The summed E-state index contributed by atoms with van der Waals surface area (Å²) in [6.07, 6.45) is 3.24. The maximum absolute atomic E-state index is 14.2. The lowest BCUT2D eigenvalue weighted by Crippen LogP contribution is -2.44. The number of likely N-dealkylation sites (tertiary alicyclic amines) is 1. The largest absolute Gasteiger partial charge is 0.497 e. The van der Waals surface area contributed by atoms with Crippen LogP contribution in [-0.2, 0) is 13.0 Å². The number of benzene rings is 3. The number of ether oxygens (including phenoxy) is 3. The van der Waals surface area contributed by atoms with Gasteiger partial charge in [0.05, 0.1) is 18.8 Å². The number of hydrogen-bond acceptors (Lipinski definition) is 5. The zero-order valence-corrected chi connectivity index (χ0v) is 20.6. The van der Waals surface area contributed by atoms with Crippen LogP contribution in [-0.4, -0.2) is 50.9 Å². The SMILES string of the molecule is COc1ccc(C[C@H]2COc3cc(F)c(F)cc3N2Cc2ccc(OCCN3CCCC3)cc2)cc1. The van der Waals surface area contributed by atoms with Crippen LogP contribution in [0.5, 0.6) is 17.2 Å². The number of anilines is 1. The van der Waals surface area contributed by atoms with E-state index >= 15 is 0 Å². The lowest BCUT2D eigenvalue weighted by atomic mass is 10.0. The summed E-state index contributed by atoms with van der Waals surface area (Å²) in [4.78, 5) is 4.53. The Labute approximate surface area is 211 Å². The molecule has 5 rings (SSSR count). The quantitative estimate of drug-likeness (QED) is 0.395. The Bertz CT molecular complexity index is 1150. The first-order valence-corrected chi connectivity index (χ1v) is 12.5. The van der Waals surface area contributed by atoms with Crippen molar-refractivity contribution in [1.29, 1.82) is 0 Å².